The molecule has 110 valence electrons. The first kappa shape index (κ1) is 14.1. The van der Waals surface area contributed by atoms with Crippen LogP contribution in [0.3, 0.4) is 0 Å². The van der Waals surface area contributed by atoms with Gasteiger partial charge in [0.2, 0.25) is 0 Å². The normalized spacial score (nSPS) is 22.4. The Morgan fingerprint density at radius 2 is 1.76 bits per heavy atom. The van der Waals surface area contributed by atoms with Gasteiger partial charge in [0.1, 0.15) is 12.4 Å². The number of ether oxygens (including phenoxy) is 1. The second kappa shape index (κ2) is 6.29. The standard InChI is InChI=1S/C18H22N2O/c1-20-11-17(18(19)12-20)15-7-9-16(10-8-15)21-13-14-5-3-2-4-6-14/h2-10,17-18H,11-13,19H2,1H3. The molecule has 3 rings (SSSR count). The second-order valence-electron chi connectivity index (χ2n) is 5.83. The summed E-state index contributed by atoms with van der Waals surface area (Å²) in [5, 5.41) is 0. The monoisotopic (exact) mass is 282 g/mol. The van der Waals surface area contributed by atoms with Crippen molar-refractivity contribution in [2.75, 3.05) is 20.1 Å². The number of rotatable bonds is 4. The fraction of sp³-hybridized carbons (Fsp3) is 0.333. The van der Waals surface area contributed by atoms with Crippen molar-refractivity contribution in [2.24, 2.45) is 5.73 Å². The molecule has 21 heavy (non-hydrogen) atoms. The smallest absolute Gasteiger partial charge is 0.119 e. The van der Waals surface area contributed by atoms with Crippen molar-refractivity contribution in [1.29, 1.82) is 0 Å². The first-order chi connectivity index (χ1) is 10.2. The Hall–Kier alpha value is -1.84. The predicted molar refractivity (Wildman–Crippen MR) is 85.4 cm³/mol. The minimum Gasteiger partial charge on any atom is -0.489 e. The summed E-state index contributed by atoms with van der Waals surface area (Å²) in [6.07, 6.45) is 0. The zero-order valence-corrected chi connectivity index (χ0v) is 12.4. The summed E-state index contributed by atoms with van der Waals surface area (Å²) in [4.78, 5) is 2.29. The number of likely N-dealkylation sites (N-methyl/N-ethyl adjacent to an activating group) is 1. The average molecular weight is 282 g/mol. The zero-order chi connectivity index (χ0) is 14.7. The van der Waals surface area contributed by atoms with Gasteiger partial charge < -0.3 is 15.4 Å². The zero-order valence-electron chi connectivity index (χ0n) is 12.4. The van der Waals surface area contributed by atoms with Crippen molar-refractivity contribution < 1.29 is 4.74 Å². The maximum Gasteiger partial charge on any atom is 0.119 e. The van der Waals surface area contributed by atoms with Crippen LogP contribution < -0.4 is 10.5 Å². The Bertz CT molecular complexity index is 568. The summed E-state index contributed by atoms with van der Waals surface area (Å²) in [6.45, 7) is 2.61. The van der Waals surface area contributed by atoms with Gasteiger partial charge in [0, 0.05) is 25.0 Å². The molecule has 1 saturated heterocycles. The summed E-state index contributed by atoms with van der Waals surface area (Å²) in [7, 11) is 2.12. The van der Waals surface area contributed by atoms with E-state index in [0.717, 1.165) is 18.8 Å². The van der Waals surface area contributed by atoms with E-state index in [1.165, 1.54) is 11.1 Å². The molecule has 3 heteroatoms. The quantitative estimate of drug-likeness (QED) is 0.937. The molecule has 2 N–H and O–H groups in total. The summed E-state index contributed by atoms with van der Waals surface area (Å²) in [5.74, 6) is 1.33. The van der Waals surface area contributed by atoms with Crippen molar-refractivity contribution in [3.63, 3.8) is 0 Å². The fourth-order valence-electron chi connectivity index (χ4n) is 2.94. The molecular weight excluding hydrogens is 260 g/mol. The van der Waals surface area contributed by atoms with E-state index in [2.05, 4.69) is 36.2 Å². The lowest BCUT2D eigenvalue weighted by molar-refractivity contribution is 0.306. The van der Waals surface area contributed by atoms with Crippen LogP contribution in [0.5, 0.6) is 5.75 Å². The Morgan fingerprint density at radius 3 is 2.38 bits per heavy atom. The van der Waals surface area contributed by atoms with Gasteiger partial charge in [0.05, 0.1) is 0 Å². The van der Waals surface area contributed by atoms with Crippen LogP contribution >= 0.6 is 0 Å². The highest BCUT2D eigenvalue weighted by molar-refractivity contribution is 5.31. The molecule has 0 saturated carbocycles. The molecule has 1 aliphatic heterocycles. The molecule has 1 fully saturated rings. The largest absolute Gasteiger partial charge is 0.489 e. The van der Waals surface area contributed by atoms with E-state index in [1.54, 1.807) is 0 Å². The van der Waals surface area contributed by atoms with Gasteiger partial charge in [-0.2, -0.15) is 0 Å². The van der Waals surface area contributed by atoms with Gasteiger partial charge in [-0.25, -0.2) is 0 Å². The molecule has 0 bridgehead atoms. The van der Waals surface area contributed by atoms with Crippen molar-refractivity contribution in [2.45, 2.75) is 18.6 Å². The Labute approximate surface area is 126 Å². The number of hydrogen-bond acceptors (Lipinski definition) is 3. The van der Waals surface area contributed by atoms with E-state index in [4.69, 9.17) is 10.5 Å². The molecule has 1 aliphatic rings. The van der Waals surface area contributed by atoms with Crippen LogP contribution in [-0.4, -0.2) is 31.1 Å². The van der Waals surface area contributed by atoms with E-state index in [9.17, 15) is 0 Å². The van der Waals surface area contributed by atoms with E-state index >= 15 is 0 Å². The Morgan fingerprint density at radius 1 is 1.05 bits per heavy atom. The topological polar surface area (TPSA) is 38.5 Å². The van der Waals surface area contributed by atoms with Gasteiger partial charge in [-0.05, 0) is 30.3 Å². The summed E-state index contributed by atoms with van der Waals surface area (Å²) in [6, 6.07) is 18.8. The number of nitrogens with two attached hydrogens (primary N) is 1. The van der Waals surface area contributed by atoms with Crippen molar-refractivity contribution in [3.8, 4) is 5.75 Å². The van der Waals surface area contributed by atoms with Gasteiger partial charge in [0.15, 0.2) is 0 Å². The number of nitrogens with zero attached hydrogens (tertiary/aromatic N) is 1. The van der Waals surface area contributed by atoms with Gasteiger partial charge in [-0.1, -0.05) is 42.5 Å². The highest BCUT2D eigenvalue weighted by atomic mass is 16.5. The lowest BCUT2D eigenvalue weighted by Crippen LogP contribution is -2.27. The molecule has 2 atom stereocenters. The minimum atomic E-state index is 0.228. The van der Waals surface area contributed by atoms with Crippen LogP contribution in [0.15, 0.2) is 54.6 Å². The third kappa shape index (κ3) is 3.43. The lowest BCUT2D eigenvalue weighted by atomic mass is 9.95. The first-order valence-electron chi connectivity index (χ1n) is 7.43. The highest BCUT2D eigenvalue weighted by Gasteiger charge is 2.28. The van der Waals surface area contributed by atoms with Crippen molar-refractivity contribution in [1.82, 2.24) is 4.90 Å². The van der Waals surface area contributed by atoms with Crippen LogP contribution in [0.1, 0.15) is 17.0 Å². The molecular formula is C18H22N2O. The summed E-state index contributed by atoms with van der Waals surface area (Å²) in [5.41, 5.74) is 8.69. The van der Waals surface area contributed by atoms with Crippen molar-refractivity contribution >= 4 is 0 Å². The third-order valence-corrected chi connectivity index (χ3v) is 4.10. The predicted octanol–water partition coefficient (Wildman–Crippen LogP) is 2.62. The van der Waals surface area contributed by atoms with Gasteiger partial charge >= 0.3 is 0 Å². The van der Waals surface area contributed by atoms with Crippen LogP contribution in [0, 0.1) is 0 Å². The summed E-state index contributed by atoms with van der Waals surface area (Å²) < 4.78 is 5.82. The lowest BCUT2D eigenvalue weighted by Gasteiger charge is -2.15. The van der Waals surface area contributed by atoms with Crippen LogP contribution in [0.2, 0.25) is 0 Å². The molecule has 0 radical (unpaired) electrons. The molecule has 1 heterocycles. The number of benzene rings is 2. The van der Waals surface area contributed by atoms with Gasteiger partial charge in [0.25, 0.3) is 0 Å². The first-order valence-corrected chi connectivity index (χ1v) is 7.43. The fourth-order valence-corrected chi connectivity index (χ4v) is 2.94. The molecule has 0 amide bonds. The summed E-state index contributed by atoms with van der Waals surface area (Å²) >= 11 is 0. The van der Waals surface area contributed by atoms with Gasteiger partial charge in [-0.3, -0.25) is 0 Å². The molecule has 2 unspecified atom stereocenters. The molecule has 2 aromatic carbocycles. The van der Waals surface area contributed by atoms with Crippen LogP contribution in [0.25, 0.3) is 0 Å². The van der Waals surface area contributed by atoms with E-state index in [-0.39, 0.29) is 6.04 Å². The molecule has 0 aliphatic carbocycles. The maximum absolute atomic E-state index is 6.20. The molecule has 0 spiro atoms. The highest BCUT2D eigenvalue weighted by Crippen LogP contribution is 2.27. The maximum atomic E-state index is 6.20. The van der Waals surface area contributed by atoms with Gasteiger partial charge in [-0.15, -0.1) is 0 Å². The van der Waals surface area contributed by atoms with Crippen molar-refractivity contribution in [3.05, 3.63) is 65.7 Å². The van der Waals surface area contributed by atoms with E-state index in [0.29, 0.717) is 12.5 Å². The molecule has 2 aromatic rings. The van der Waals surface area contributed by atoms with Crippen LogP contribution in [-0.2, 0) is 6.61 Å². The molecule has 3 nitrogen and oxygen atoms in total. The number of likely N-dealkylation sites (tertiary alicyclic amines) is 1. The SMILES string of the molecule is CN1CC(N)C(c2ccc(OCc3ccccc3)cc2)C1. The minimum absolute atomic E-state index is 0.228. The van der Waals surface area contributed by atoms with E-state index < -0.39 is 0 Å². The second-order valence-corrected chi connectivity index (χ2v) is 5.83. The average Bonchev–Trinajstić information content (AvgIpc) is 2.85. The molecule has 0 aromatic heterocycles. The van der Waals surface area contributed by atoms with E-state index in [1.807, 2.05) is 30.3 Å². The Kier molecular flexibility index (Phi) is 4.23. The Balaban J connectivity index is 1.62. The van der Waals surface area contributed by atoms with Crippen LogP contribution in [0.4, 0.5) is 0 Å². The third-order valence-electron chi connectivity index (χ3n) is 4.10. The number of hydrogen-bond donors (Lipinski definition) is 1.